The van der Waals surface area contributed by atoms with Crippen LogP contribution in [0.5, 0.6) is 0 Å². The van der Waals surface area contributed by atoms with Crippen molar-refractivity contribution >= 4 is 27.2 Å². The minimum Gasteiger partial charge on any atom is -0.372 e. The summed E-state index contributed by atoms with van der Waals surface area (Å²) in [5, 5.41) is 0. The van der Waals surface area contributed by atoms with Gasteiger partial charge in [0.25, 0.3) is 0 Å². The molecular weight excluding hydrogens is 671 g/mol. The molecule has 3 rings (SSSR count). The number of rotatable bonds is 12. The van der Waals surface area contributed by atoms with E-state index < -0.39 is 26.1 Å². The fraction of sp³-hybridized carbons (Fsp3) is 0.929. The third-order valence-electron chi connectivity index (χ3n) is 15.9. The van der Waals surface area contributed by atoms with E-state index in [0.717, 1.165) is 38.5 Å². The van der Waals surface area contributed by atoms with Crippen molar-refractivity contribution in [2.24, 2.45) is 17.8 Å². The molecule has 0 spiro atoms. The van der Waals surface area contributed by atoms with E-state index in [-0.39, 0.29) is 70.4 Å². The van der Waals surface area contributed by atoms with Gasteiger partial charge >= 0.3 is 9.53 Å². The van der Waals surface area contributed by atoms with Crippen molar-refractivity contribution in [1.29, 1.82) is 0 Å². The molecule has 0 aliphatic carbocycles. The molecule has 10 heteroatoms. The number of piperidine rings is 3. The quantitative estimate of drug-likeness (QED) is 0.186. The van der Waals surface area contributed by atoms with E-state index in [1.165, 1.54) is 0 Å². The van der Waals surface area contributed by atoms with Gasteiger partial charge in [0.1, 0.15) is 0 Å². The molecule has 3 amide bonds. The zero-order valence-corrected chi connectivity index (χ0v) is 37.9. The van der Waals surface area contributed by atoms with E-state index in [9.17, 15) is 14.4 Å². The number of hydrogen-bond donors (Lipinski definition) is 0. The summed E-state index contributed by atoms with van der Waals surface area (Å²) in [6.07, 6.45) is 6.46. The van der Waals surface area contributed by atoms with E-state index >= 15 is 0 Å². The molecule has 0 N–H and O–H groups in total. The third-order valence-corrected chi connectivity index (χ3v) is 17.6. The lowest BCUT2D eigenvalue weighted by Gasteiger charge is -2.62. The topological polar surface area (TPSA) is 88.6 Å². The van der Waals surface area contributed by atoms with Gasteiger partial charge in [0.15, 0.2) is 0 Å². The van der Waals surface area contributed by atoms with Crippen molar-refractivity contribution in [3.63, 3.8) is 0 Å². The summed E-state index contributed by atoms with van der Waals surface area (Å²) in [7, 11) is -2.93. The second-order valence-corrected chi connectivity index (χ2v) is 19.9. The van der Waals surface area contributed by atoms with Crippen LogP contribution in [0.3, 0.4) is 0 Å². The van der Waals surface area contributed by atoms with Crippen LogP contribution >= 0.6 is 0 Å². The maximum atomic E-state index is 13.3. The average Bonchev–Trinajstić information content (AvgIpc) is 3.07. The van der Waals surface area contributed by atoms with Crippen LogP contribution in [0, 0.1) is 17.8 Å². The molecule has 52 heavy (non-hydrogen) atoms. The Morgan fingerprint density at radius 1 is 0.481 bits per heavy atom. The number of likely N-dealkylation sites (tertiary alicyclic amines) is 3. The van der Waals surface area contributed by atoms with Gasteiger partial charge in [0, 0.05) is 71.8 Å². The maximum Gasteiger partial charge on any atom is 0.484 e. The second kappa shape index (κ2) is 15.9. The summed E-state index contributed by atoms with van der Waals surface area (Å²) in [6, 6.07) is 0. The molecule has 0 aromatic heterocycles. The summed E-state index contributed by atoms with van der Waals surface area (Å²) in [4.78, 5) is 46.4. The van der Waals surface area contributed by atoms with Crippen LogP contribution in [0.25, 0.3) is 0 Å². The smallest absolute Gasteiger partial charge is 0.372 e. The van der Waals surface area contributed by atoms with Gasteiger partial charge in [-0.15, -0.1) is 0 Å². The molecule has 0 aromatic rings. The molecule has 0 saturated carbocycles. The molecule has 3 heterocycles. The zero-order valence-electron chi connectivity index (χ0n) is 36.7. The number of carbonyl (C=O) groups is 3. The molecule has 12 unspecified atom stereocenters. The summed E-state index contributed by atoms with van der Waals surface area (Å²) >= 11 is 0. The summed E-state index contributed by atoms with van der Waals surface area (Å²) in [6.45, 7) is 38.1. The highest BCUT2D eigenvalue weighted by Gasteiger charge is 2.59. The predicted molar refractivity (Wildman–Crippen MR) is 213 cm³/mol. The maximum absolute atomic E-state index is 13.3. The van der Waals surface area contributed by atoms with E-state index in [0.29, 0.717) is 19.3 Å². The highest BCUT2D eigenvalue weighted by Crippen LogP contribution is 2.51. The molecular formula is C42H79N3O6Si. The molecule has 3 aliphatic heterocycles. The van der Waals surface area contributed by atoms with Crippen LogP contribution in [-0.2, 0) is 27.7 Å². The van der Waals surface area contributed by atoms with Gasteiger partial charge in [0.05, 0.1) is 18.3 Å². The van der Waals surface area contributed by atoms with E-state index in [1.807, 2.05) is 0 Å². The number of nitrogens with zero attached hydrogens (tertiary/aromatic N) is 3. The first-order valence-electron chi connectivity index (χ1n) is 20.8. The Morgan fingerprint density at radius 3 is 0.846 bits per heavy atom. The van der Waals surface area contributed by atoms with Crippen LogP contribution in [-0.4, -0.2) is 93.5 Å². The molecule has 3 aliphatic rings. The van der Waals surface area contributed by atoms with Gasteiger partial charge in [-0.2, -0.15) is 0 Å². The average molecular weight is 750 g/mol. The van der Waals surface area contributed by atoms with Gasteiger partial charge in [-0.25, -0.2) is 0 Å². The Kier molecular flexibility index (Phi) is 13.8. The first-order valence-corrected chi connectivity index (χ1v) is 22.2. The fourth-order valence-electron chi connectivity index (χ4n) is 11.4. The summed E-state index contributed by atoms with van der Waals surface area (Å²) < 4.78 is 22.1. The van der Waals surface area contributed by atoms with Gasteiger partial charge in [-0.3, -0.25) is 14.4 Å². The lowest BCUT2D eigenvalue weighted by atomic mass is 9.68. The molecule has 9 nitrogen and oxygen atoms in total. The minimum absolute atomic E-state index is 0.0424. The van der Waals surface area contributed by atoms with Crippen LogP contribution in [0.2, 0.25) is 0 Å². The van der Waals surface area contributed by atoms with Crippen molar-refractivity contribution in [3.05, 3.63) is 0 Å². The van der Waals surface area contributed by atoms with Crippen LogP contribution in [0.4, 0.5) is 0 Å². The van der Waals surface area contributed by atoms with Crippen molar-refractivity contribution in [3.8, 4) is 0 Å². The molecule has 0 bridgehead atoms. The minimum atomic E-state index is -2.93. The van der Waals surface area contributed by atoms with Crippen molar-refractivity contribution < 1.29 is 27.7 Å². The summed E-state index contributed by atoms with van der Waals surface area (Å²) in [5.74, 6) is 0.441. The van der Waals surface area contributed by atoms with E-state index in [2.05, 4.69) is 119 Å². The highest BCUT2D eigenvalue weighted by atomic mass is 28.3. The Hall–Kier alpha value is -1.49. The monoisotopic (exact) mass is 750 g/mol. The van der Waals surface area contributed by atoms with Crippen molar-refractivity contribution in [2.45, 2.75) is 234 Å². The van der Waals surface area contributed by atoms with E-state index in [1.54, 1.807) is 20.8 Å². The van der Waals surface area contributed by atoms with Crippen LogP contribution in [0.1, 0.15) is 182 Å². The number of carbonyl (C=O) groups excluding carboxylic acids is 3. The van der Waals surface area contributed by atoms with Crippen molar-refractivity contribution in [1.82, 2.24) is 14.7 Å². The first-order chi connectivity index (χ1) is 23.9. The molecule has 0 radical (unpaired) electrons. The summed E-state index contributed by atoms with van der Waals surface area (Å²) in [5.41, 5.74) is -2.34. The van der Waals surface area contributed by atoms with Gasteiger partial charge in [0.2, 0.25) is 17.7 Å². The van der Waals surface area contributed by atoms with Gasteiger partial charge in [-0.05, 0) is 99.3 Å². The van der Waals surface area contributed by atoms with E-state index in [4.69, 9.17) is 13.3 Å². The normalized spacial score (nSPS) is 43.4. The van der Waals surface area contributed by atoms with Crippen LogP contribution in [0.15, 0.2) is 0 Å². The fourth-order valence-corrected chi connectivity index (χ4v) is 13.4. The first kappa shape index (κ1) is 44.9. The Bertz CT molecular complexity index is 1150. The molecule has 3 fully saturated rings. The second-order valence-electron chi connectivity index (χ2n) is 18.5. The number of hydrogen-bond acceptors (Lipinski definition) is 6. The Balaban J connectivity index is 2.17. The predicted octanol–water partition coefficient (Wildman–Crippen LogP) is 8.54. The largest absolute Gasteiger partial charge is 0.484 e. The SMILES string of the molecule is CCC1(C)CC(O[SiH](OC2CC(C)(CC)N(C(C)=O)C(C)(CC)C2C)OC2CC(C)(CC)N(C(C)=O)C(C)(CC)C2C)C(C)C(C)(CC)N1C(C)=O. The molecule has 302 valence electrons. The standard InChI is InChI=1S/C42H79N3O6Si/c1-19-37(13)25-34(28(7)40(16,22-4)43(37)31(10)46)49-52(50-35-26-38(14,20-2)44(32(11)47)41(17,23-5)29(35)8)51-36-27-39(15,21-3)45(33(12)48)42(18,24-6)30(36)9/h28-30,34-36,52H,19-27H2,1-18H3. The number of amides is 3. The van der Waals surface area contributed by atoms with Crippen LogP contribution < -0.4 is 0 Å². The lowest BCUT2D eigenvalue weighted by molar-refractivity contribution is -0.183. The Morgan fingerprint density at radius 2 is 0.692 bits per heavy atom. The lowest BCUT2D eigenvalue weighted by Crippen LogP contribution is -2.71. The zero-order chi connectivity index (χ0) is 40.0. The molecule has 3 saturated heterocycles. The Labute approximate surface area is 320 Å². The van der Waals surface area contributed by atoms with Gasteiger partial charge < -0.3 is 28.0 Å². The molecule has 12 atom stereocenters. The highest BCUT2D eigenvalue weighted by molar-refractivity contribution is 6.36. The third kappa shape index (κ3) is 7.42. The molecule has 0 aromatic carbocycles. The van der Waals surface area contributed by atoms with Crippen molar-refractivity contribution in [2.75, 3.05) is 0 Å². The van der Waals surface area contributed by atoms with Gasteiger partial charge in [-0.1, -0.05) is 62.3 Å².